The lowest BCUT2D eigenvalue weighted by Crippen LogP contribution is -2.37. The molecule has 0 amide bonds. The Morgan fingerprint density at radius 3 is 0.915 bits per heavy atom. The highest BCUT2D eigenvalue weighted by Crippen LogP contribution is 2.64. The van der Waals surface area contributed by atoms with Gasteiger partial charge in [-0.05, 0) is 184 Å². The van der Waals surface area contributed by atoms with Gasteiger partial charge in [0.15, 0.2) is 0 Å². The molecule has 0 aliphatic carbocycles. The average Bonchev–Trinajstić information content (AvgIpc) is 1.40. The van der Waals surface area contributed by atoms with E-state index in [0.717, 1.165) is 22.7 Å². The summed E-state index contributed by atoms with van der Waals surface area (Å²) in [6.07, 6.45) is 0. The fourth-order valence-corrected chi connectivity index (χ4v) is 24.6. The standard InChI is InChI=1S/2C55H33N3S/c1-7-22-46-36(14-1)37-15-2-8-23-47(37)56(46)34-28-30-35(31-29-34)57-48-24-9-4-17-39(48)41-32-53-45(33-51(41)57)55(43-20-6-12-27-52(43)59-53)42-19-5-11-26-50(42)58-49-25-10-3-16-38(49)40-18-13-21-44(55)54(40)58;1-7-22-45-36(14-1)37-15-2-8-23-46(37)56(45)34-28-30-35(31-29-34)57-48-25-10-4-17-40(48)52-50(57)33-32-44-54(52)59-51-27-12-6-20-42(51)55(44)41-19-5-11-26-49(41)58-47-24-9-3-16-38(47)39-18-13-21-43(55)53(39)58/h2*1-33H. The third kappa shape index (κ3) is 8.34. The first kappa shape index (κ1) is 64.8. The predicted octanol–water partition coefficient (Wildman–Crippen LogP) is 28.3. The molecular formula is C110H66N6S2. The van der Waals surface area contributed by atoms with Crippen LogP contribution in [0.4, 0.5) is 0 Å². The average molecular weight is 1540 g/mol. The van der Waals surface area contributed by atoms with Gasteiger partial charge in [0.25, 0.3) is 0 Å². The first-order chi connectivity index (χ1) is 58.6. The Balaban J connectivity index is 0.000000126. The Bertz CT molecular complexity index is 8420. The molecule has 0 saturated heterocycles. The number of fused-ring (bicyclic) bond motifs is 35. The van der Waals surface area contributed by atoms with Crippen LogP contribution in [0.15, 0.2) is 420 Å². The lowest BCUT2D eigenvalue weighted by molar-refractivity contribution is 0.690. The Kier molecular flexibility index (Phi) is 13.2. The van der Waals surface area contributed by atoms with Gasteiger partial charge in [-0.2, -0.15) is 0 Å². The van der Waals surface area contributed by atoms with Gasteiger partial charge in [0.05, 0.1) is 88.4 Å². The van der Waals surface area contributed by atoms with Crippen LogP contribution in [0.2, 0.25) is 0 Å². The Morgan fingerprint density at radius 1 is 0.169 bits per heavy atom. The highest BCUT2D eigenvalue weighted by molar-refractivity contribution is 8.00. The van der Waals surface area contributed by atoms with E-state index < -0.39 is 10.8 Å². The molecule has 0 N–H and O–H groups in total. The first-order valence-corrected chi connectivity index (χ1v) is 42.3. The maximum absolute atomic E-state index is 2.54. The third-order valence-electron chi connectivity index (χ3n) is 26.6. The van der Waals surface area contributed by atoms with Crippen molar-refractivity contribution in [1.29, 1.82) is 0 Å². The molecule has 0 bridgehead atoms. The number of benzene rings is 18. The molecule has 18 aromatic carbocycles. The van der Waals surface area contributed by atoms with E-state index in [0.29, 0.717) is 0 Å². The molecule has 24 aromatic rings. The van der Waals surface area contributed by atoms with Crippen molar-refractivity contribution in [1.82, 2.24) is 27.4 Å². The molecule has 4 aliphatic heterocycles. The van der Waals surface area contributed by atoms with Crippen LogP contribution in [-0.2, 0) is 10.8 Å². The zero-order chi connectivity index (χ0) is 76.8. The monoisotopic (exact) mass is 1530 g/mol. The third-order valence-corrected chi connectivity index (χ3v) is 28.9. The van der Waals surface area contributed by atoms with Crippen molar-refractivity contribution < 1.29 is 0 Å². The smallest absolute Gasteiger partial charge is 0.0765 e. The molecule has 0 saturated carbocycles. The van der Waals surface area contributed by atoms with Crippen LogP contribution in [0, 0.1) is 0 Å². The summed E-state index contributed by atoms with van der Waals surface area (Å²) in [7, 11) is 0. The van der Waals surface area contributed by atoms with Gasteiger partial charge in [0.2, 0.25) is 0 Å². The first-order valence-electron chi connectivity index (χ1n) is 40.7. The minimum atomic E-state index is -0.548. The lowest BCUT2D eigenvalue weighted by atomic mass is 9.62. The van der Waals surface area contributed by atoms with Gasteiger partial charge < -0.3 is 27.4 Å². The van der Waals surface area contributed by atoms with Gasteiger partial charge in [0, 0.05) is 107 Å². The summed E-state index contributed by atoms with van der Waals surface area (Å²) in [4.78, 5) is 5.24. The van der Waals surface area contributed by atoms with E-state index >= 15 is 0 Å². The number of hydrogen-bond donors (Lipinski definition) is 0. The van der Waals surface area contributed by atoms with Gasteiger partial charge in [-0.15, -0.1) is 0 Å². The number of hydrogen-bond acceptors (Lipinski definition) is 2. The van der Waals surface area contributed by atoms with Crippen LogP contribution < -0.4 is 0 Å². The summed E-state index contributed by atoms with van der Waals surface area (Å²) < 4.78 is 14.8. The van der Waals surface area contributed by atoms with Crippen LogP contribution in [0.5, 0.6) is 0 Å². The second kappa shape index (κ2) is 24.0. The molecule has 2 atom stereocenters. The van der Waals surface area contributed by atoms with E-state index in [4.69, 9.17) is 0 Å². The van der Waals surface area contributed by atoms with E-state index in [-0.39, 0.29) is 0 Å². The van der Waals surface area contributed by atoms with Crippen LogP contribution in [0.3, 0.4) is 0 Å². The van der Waals surface area contributed by atoms with Gasteiger partial charge in [-0.25, -0.2) is 0 Å². The Labute approximate surface area is 686 Å². The number of aromatic nitrogens is 6. The summed E-state index contributed by atoms with van der Waals surface area (Å²) in [5, 5.41) is 15.4. The molecule has 2 unspecified atom stereocenters. The number of para-hydroxylation sites is 12. The largest absolute Gasteiger partial charge is 0.309 e. The van der Waals surface area contributed by atoms with Crippen LogP contribution in [-0.4, -0.2) is 27.4 Å². The molecule has 8 heteroatoms. The zero-order valence-corrected chi connectivity index (χ0v) is 65.2. The van der Waals surface area contributed by atoms with Gasteiger partial charge in [0.1, 0.15) is 0 Å². The van der Waals surface area contributed by atoms with E-state index in [1.165, 1.54) is 206 Å². The summed E-state index contributed by atoms with van der Waals surface area (Å²) >= 11 is 3.85. The van der Waals surface area contributed by atoms with Crippen LogP contribution >= 0.6 is 23.5 Å². The van der Waals surface area contributed by atoms with Gasteiger partial charge in [-0.3, -0.25) is 0 Å². The molecular weight excluding hydrogens is 1470 g/mol. The fraction of sp³-hybridized carbons (Fsp3) is 0.0182. The van der Waals surface area contributed by atoms with Gasteiger partial charge >= 0.3 is 0 Å². The molecule has 28 rings (SSSR count). The van der Waals surface area contributed by atoms with E-state index in [9.17, 15) is 0 Å². The predicted molar refractivity (Wildman–Crippen MR) is 491 cm³/mol. The van der Waals surface area contributed by atoms with Gasteiger partial charge in [-0.1, -0.05) is 284 Å². The van der Waals surface area contributed by atoms with Crippen molar-refractivity contribution in [2.45, 2.75) is 30.4 Å². The molecule has 4 aliphatic rings. The molecule has 6 aromatic heterocycles. The fourth-order valence-electron chi connectivity index (χ4n) is 22.1. The van der Waals surface area contributed by atoms with Crippen molar-refractivity contribution in [3.63, 3.8) is 0 Å². The second-order valence-electron chi connectivity index (χ2n) is 32.0. The van der Waals surface area contributed by atoms with Crippen molar-refractivity contribution >= 4 is 154 Å². The minimum Gasteiger partial charge on any atom is -0.309 e. The Morgan fingerprint density at radius 2 is 0.475 bits per heavy atom. The van der Waals surface area contributed by atoms with Crippen molar-refractivity contribution in [2.75, 3.05) is 0 Å². The minimum absolute atomic E-state index is 0.529. The summed E-state index contributed by atoms with van der Waals surface area (Å²) in [6.45, 7) is 0. The molecule has 0 fully saturated rings. The summed E-state index contributed by atoms with van der Waals surface area (Å²) in [5.41, 5.74) is 31.5. The molecule has 10 heterocycles. The highest BCUT2D eigenvalue weighted by atomic mass is 32.2. The molecule has 0 radical (unpaired) electrons. The maximum Gasteiger partial charge on any atom is 0.0765 e. The molecule has 548 valence electrons. The van der Waals surface area contributed by atoms with Crippen molar-refractivity contribution in [3.8, 4) is 34.1 Å². The topological polar surface area (TPSA) is 29.6 Å². The molecule has 118 heavy (non-hydrogen) atoms. The van der Waals surface area contributed by atoms with E-state index in [2.05, 4.69) is 428 Å². The zero-order valence-electron chi connectivity index (χ0n) is 63.6. The SMILES string of the molecule is c1ccc2c(c1)Sc1c(ccc3c1c1ccccc1n3-c1ccc(-n3c4ccccc4c4ccccc43)cc1)C21c2ccccc2-n2c3ccccc3c3cccc1c32.c1ccc2c(c1)Sc1cc3c4ccccc4n(-c4ccc(-n5c6ccccc6c6ccccc65)cc4)c3cc1C21c2ccccc2-n2c3ccccc3c3cccc1c32. The number of nitrogens with zero attached hydrogens (tertiary/aromatic N) is 6. The summed E-state index contributed by atoms with van der Waals surface area (Å²) in [5.74, 6) is 0. The highest BCUT2D eigenvalue weighted by Gasteiger charge is 2.52. The second-order valence-corrected chi connectivity index (χ2v) is 34.2. The maximum atomic E-state index is 2.54. The molecule has 6 nitrogen and oxygen atoms in total. The van der Waals surface area contributed by atoms with E-state index in [1.54, 1.807) is 0 Å². The van der Waals surface area contributed by atoms with Crippen molar-refractivity contribution in [3.05, 3.63) is 445 Å². The normalized spacial score (nSPS) is 15.5. The Hall–Kier alpha value is -14.5. The number of rotatable bonds is 4. The lowest BCUT2D eigenvalue weighted by Gasteiger charge is -2.45. The van der Waals surface area contributed by atoms with E-state index in [1.807, 2.05) is 23.5 Å². The van der Waals surface area contributed by atoms with Crippen LogP contribution in [0.1, 0.15) is 44.5 Å². The van der Waals surface area contributed by atoms with Crippen LogP contribution in [0.25, 0.3) is 165 Å². The molecule has 2 spiro atoms. The van der Waals surface area contributed by atoms with Crippen molar-refractivity contribution in [2.24, 2.45) is 0 Å². The summed E-state index contributed by atoms with van der Waals surface area (Å²) in [6, 6.07) is 149. The quantitative estimate of drug-likeness (QED) is 0.176.